The molecule has 1 aromatic carbocycles. The van der Waals surface area contributed by atoms with E-state index in [4.69, 9.17) is 5.73 Å². The zero-order valence-corrected chi connectivity index (χ0v) is 11.5. The van der Waals surface area contributed by atoms with Crippen LogP contribution in [0.5, 0.6) is 0 Å². The van der Waals surface area contributed by atoms with Crippen LogP contribution in [0.4, 0.5) is 5.69 Å². The minimum atomic E-state index is 0.769. The molecule has 4 rings (SSSR count). The number of anilines is 1. The summed E-state index contributed by atoms with van der Waals surface area (Å²) in [7, 11) is 0. The van der Waals surface area contributed by atoms with E-state index in [0.29, 0.717) is 0 Å². The quantitative estimate of drug-likeness (QED) is 0.815. The molecule has 3 N–H and O–H groups in total. The maximum atomic E-state index is 5.85. The Morgan fingerprint density at radius 2 is 2.00 bits per heavy atom. The fourth-order valence-electron chi connectivity index (χ4n) is 5.25. The van der Waals surface area contributed by atoms with Crippen LogP contribution in [0.15, 0.2) is 24.3 Å². The normalized spacial score (nSPS) is 39.7. The first-order valence-electron chi connectivity index (χ1n) is 7.89. The Bertz CT molecular complexity index is 470. The summed E-state index contributed by atoms with van der Waals surface area (Å²) in [5, 5.41) is 3.81. The highest BCUT2D eigenvalue weighted by Gasteiger charge is 2.53. The number of nitrogens with one attached hydrogen (secondary N) is 1. The average Bonchev–Trinajstić information content (AvgIpc) is 3.08. The van der Waals surface area contributed by atoms with Crippen LogP contribution >= 0.6 is 0 Å². The van der Waals surface area contributed by atoms with E-state index in [1.165, 1.54) is 37.7 Å². The van der Waals surface area contributed by atoms with Gasteiger partial charge in [0.25, 0.3) is 0 Å². The minimum Gasteiger partial charge on any atom is -0.399 e. The third-order valence-electron chi connectivity index (χ3n) is 5.95. The first-order chi connectivity index (χ1) is 9.31. The smallest absolute Gasteiger partial charge is 0.0317 e. The fourth-order valence-corrected chi connectivity index (χ4v) is 5.25. The molecular weight excluding hydrogens is 232 g/mol. The molecule has 2 nitrogen and oxygen atoms in total. The van der Waals surface area contributed by atoms with E-state index >= 15 is 0 Å². The lowest BCUT2D eigenvalue weighted by Crippen LogP contribution is -2.38. The van der Waals surface area contributed by atoms with Gasteiger partial charge in [-0.25, -0.2) is 0 Å². The minimum absolute atomic E-state index is 0.769. The second-order valence-electron chi connectivity index (χ2n) is 6.89. The highest BCUT2D eigenvalue weighted by atomic mass is 14.9. The molecule has 19 heavy (non-hydrogen) atoms. The summed E-state index contributed by atoms with van der Waals surface area (Å²) in [5.74, 6) is 4.15. The van der Waals surface area contributed by atoms with Crippen molar-refractivity contribution >= 4 is 5.69 Å². The molecule has 2 heteroatoms. The van der Waals surface area contributed by atoms with Crippen molar-refractivity contribution in [2.24, 2.45) is 23.7 Å². The Hall–Kier alpha value is -1.02. The SMILES string of the molecule is Nc1cccc(CN[C@@H]2C[C@@H]3C[C@H]2[C@@H]2CCC[C@H]32)c1. The van der Waals surface area contributed by atoms with Gasteiger partial charge in [0.1, 0.15) is 0 Å². The Balaban J connectivity index is 1.40. The van der Waals surface area contributed by atoms with Gasteiger partial charge >= 0.3 is 0 Å². The number of nitrogens with two attached hydrogens (primary N) is 1. The van der Waals surface area contributed by atoms with Crippen LogP contribution in [0.1, 0.15) is 37.7 Å². The lowest BCUT2D eigenvalue weighted by atomic mass is 9.79. The van der Waals surface area contributed by atoms with Crippen LogP contribution in [0.25, 0.3) is 0 Å². The number of hydrogen-bond acceptors (Lipinski definition) is 2. The van der Waals surface area contributed by atoms with Crippen molar-refractivity contribution < 1.29 is 0 Å². The second kappa shape index (κ2) is 4.52. The van der Waals surface area contributed by atoms with E-state index < -0.39 is 0 Å². The molecule has 0 spiro atoms. The molecule has 3 saturated carbocycles. The van der Waals surface area contributed by atoms with Crippen LogP contribution in [-0.2, 0) is 6.54 Å². The van der Waals surface area contributed by atoms with Gasteiger partial charge in [-0.3, -0.25) is 0 Å². The average molecular weight is 256 g/mol. The number of nitrogen functional groups attached to an aromatic ring is 1. The molecule has 0 unspecified atom stereocenters. The van der Waals surface area contributed by atoms with Crippen molar-refractivity contribution in [1.29, 1.82) is 0 Å². The van der Waals surface area contributed by atoms with Gasteiger partial charge in [0.05, 0.1) is 0 Å². The van der Waals surface area contributed by atoms with Gasteiger partial charge in [0.2, 0.25) is 0 Å². The molecule has 2 bridgehead atoms. The van der Waals surface area contributed by atoms with Gasteiger partial charge in [-0.15, -0.1) is 0 Å². The number of benzene rings is 1. The van der Waals surface area contributed by atoms with E-state index in [1.54, 1.807) is 0 Å². The van der Waals surface area contributed by atoms with Crippen molar-refractivity contribution in [3.8, 4) is 0 Å². The van der Waals surface area contributed by atoms with Crippen molar-refractivity contribution in [3.63, 3.8) is 0 Å². The van der Waals surface area contributed by atoms with Crippen LogP contribution in [0, 0.1) is 23.7 Å². The van der Waals surface area contributed by atoms with E-state index in [2.05, 4.69) is 23.5 Å². The van der Waals surface area contributed by atoms with Crippen molar-refractivity contribution in [3.05, 3.63) is 29.8 Å². The standard InChI is InChI=1S/C17H24N2/c18-13-4-1-3-11(7-13)10-19-17-9-12-8-16(17)15-6-2-5-14(12)15/h1,3-4,7,12,14-17,19H,2,5-6,8-10,18H2/t12-,14+,15+,16-,17+/m0/s1. The summed E-state index contributed by atoms with van der Waals surface area (Å²) in [6, 6.07) is 9.06. The third kappa shape index (κ3) is 1.97. The predicted octanol–water partition coefficient (Wildman–Crippen LogP) is 3.18. The molecule has 0 saturated heterocycles. The van der Waals surface area contributed by atoms with E-state index in [1.807, 2.05) is 6.07 Å². The Kier molecular flexibility index (Phi) is 2.80. The molecule has 102 valence electrons. The second-order valence-corrected chi connectivity index (χ2v) is 6.89. The van der Waals surface area contributed by atoms with Crippen LogP contribution in [0.3, 0.4) is 0 Å². The van der Waals surface area contributed by atoms with E-state index in [9.17, 15) is 0 Å². The van der Waals surface area contributed by atoms with Crippen LogP contribution in [0.2, 0.25) is 0 Å². The number of hydrogen-bond donors (Lipinski definition) is 2. The Morgan fingerprint density at radius 3 is 2.89 bits per heavy atom. The third-order valence-corrected chi connectivity index (χ3v) is 5.95. The van der Waals surface area contributed by atoms with Gasteiger partial charge in [0.15, 0.2) is 0 Å². The first-order valence-corrected chi connectivity index (χ1v) is 7.89. The molecular formula is C17H24N2. The topological polar surface area (TPSA) is 38.0 Å². The summed E-state index contributed by atoms with van der Waals surface area (Å²) in [5.41, 5.74) is 8.05. The molecule has 0 heterocycles. The molecule has 3 fully saturated rings. The van der Waals surface area contributed by atoms with Gasteiger partial charge in [-0.05, 0) is 67.1 Å². The van der Waals surface area contributed by atoms with Crippen LogP contribution in [-0.4, -0.2) is 6.04 Å². The summed E-state index contributed by atoms with van der Waals surface area (Å²) in [6.45, 7) is 0.982. The maximum absolute atomic E-state index is 5.85. The lowest BCUT2D eigenvalue weighted by Gasteiger charge is -2.32. The molecule has 3 aliphatic carbocycles. The molecule has 0 radical (unpaired) electrons. The lowest BCUT2D eigenvalue weighted by molar-refractivity contribution is 0.208. The summed E-state index contributed by atoms with van der Waals surface area (Å²) in [6.07, 6.45) is 7.44. The zero-order valence-electron chi connectivity index (χ0n) is 11.5. The van der Waals surface area contributed by atoms with Crippen molar-refractivity contribution in [2.45, 2.75) is 44.7 Å². The van der Waals surface area contributed by atoms with Gasteiger partial charge in [-0.2, -0.15) is 0 Å². The predicted molar refractivity (Wildman–Crippen MR) is 78.5 cm³/mol. The van der Waals surface area contributed by atoms with E-state index in [-0.39, 0.29) is 0 Å². The van der Waals surface area contributed by atoms with Gasteiger partial charge < -0.3 is 11.1 Å². The number of fused-ring (bicyclic) bond motifs is 5. The van der Waals surface area contributed by atoms with Gasteiger partial charge in [-0.1, -0.05) is 18.6 Å². The summed E-state index contributed by atoms with van der Waals surface area (Å²) in [4.78, 5) is 0. The summed E-state index contributed by atoms with van der Waals surface area (Å²) >= 11 is 0. The maximum Gasteiger partial charge on any atom is 0.0317 e. The first kappa shape index (κ1) is 11.8. The number of rotatable bonds is 3. The molecule has 0 amide bonds. The Labute approximate surface area is 115 Å². The largest absolute Gasteiger partial charge is 0.399 e. The highest BCUT2D eigenvalue weighted by Crippen LogP contribution is 2.58. The summed E-state index contributed by atoms with van der Waals surface area (Å²) < 4.78 is 0. The van der Waals surface area contributed by atoms with Crippen LogP contribution < -0.4 is 11.1 Å². The van der Waals surface area contributed by atoms with Crippen molar-refractivity contribution in [1.82, 2.24) is 5.32 Å². The molecule has 3 aliphatic rings. The van der Waals surface area contributed by atoms with E-state index in [0.717, 1.165) is 41.9 Å². The molecule has 0 aliphatic heterocycles. The van der Waals surface area contributed by atoms with Gasteiger partial charge in [0, 0.05) is 18.3 Å². The monoisotopic (exact) mass is 256 g/mol. The molecule has 5 atom stereocenters. The fraction of sp³-hybridized carbons (Fsp3) is 0.647. The molecule has 1 aromatic rings. The zero-order chi connectivity index (χ0) is 12.8. The molecule has 0 aromatic heterocycles. The Morgan fingerprint density at radius 1 is 1.11 bits per heavy atom. The van der Waals surface area contributed by atoms with Crippen molar-refractivity contribution in [2.75, 3.05) is 5.73 Å². The highest BCUT2D eigenvalue weighted by molar-refractivity contribution is 5.40.